The summed E-state index contributed by atoms with van der Waals surface area (Å²) in [5, 5.41) is 8.70. The molecule has 0 saturated heterocycles. The van der Waals surface area contributed by atoms with Crippen molar-refractivity contribution in [3.05, 3.63) is 11.8 Å². The lowest BCUT2D eigenvalue weighted by Crippen LogP contribution is -2.39. The minimum atomic E-state index is -0.637. The summed E-state index contributed by atoms with van der Waals surface area (Å²) < 4.78 is 15.1. The number of esters is 2. The van der Waals surface area contributed by atoms with Crippen LogP contribution in [0.3, 0.4) is 0 Å². The van der Waals surface area contributed by atoms with E-state index in [9.17, 15) is 9.59 Å². The number of allylic oxidation sites excluding steroid dienone is 1. The first-order valence-corrected chi connectivity index (χ1v) is 5.10. The van der Waals surface area contributed by atoms with Gasteiger partial charge in [-0.15, -0.1) is 0 Å². The van der Waals surface area contributed by atoms with E-state index in [0.717, 1.165) is 0 Å². The Kier molecular flexibility index (Phi) is 4.52. The second-order valence-electron chi connectivity index (χ2n) is 3.52. The lowest BCUT2D eigenvalue weighted by atomic mass is 10.1. The van der Waals surface area contributed by atoms with Gasteiger partial charge < -0.3 is 14.2 Å². The zero-order valence-electron chi connectivity index (χ0n) is 9.63. The fourth-order valence-corrected chi connectivity index (χ4v) is 1.41. The number of hydrogen-bond donors (Lipinski definition) is 0. The van der Waals surface area contributed by atoms with Crippen molar-refractivity contribution in [2.45, 2.75) is 32.5 Å². The maximum absolute atomic E-state index is 10.9. The van der Waals surface area contributed by atoms with E-state index >= 15 is 0 Å². The molecule has 1 rings (SSSR count). The highest BCUT2D eigenvalue weighted by atomic mass is 16.6. The van der Waals surface area contributed by atoms with Gasteiger partial charge in [-0.05, 0) is 6.08 Å². The highest BCUT2D eigenvalue weighted by molar-refractivity contribution is 5.66. The topological polar surface area (TPSA) is 85.6 Å². The second kappa shape index (κ2) is 5.89. The van der Waals surface area contributed by atoms with Gasteiger partial charge in [0.15, 0.2) is 11.9 Å². The molecule has 6 nitrogen and oxygen atoms in total. The first-order valence-electron chi connectivity index (χ1n) is 5.10. The van der Waals surface area contributed by atoms with Gasteiger partial charge in [0, 0.05) is 20.3 Å². The summed E-state index contributed by atoms with van der Waals surface area (Å²) in [5.74, 6) is -0.756. The lowest BCUT2D eigenvalue weighted by Gasteiger charge is -2.29. The van der Waals surface area contributed by atoms with Crippen molar-refractivity contribution in [3.8, 4) is 6.07 Å². The molecule has 0 aromatic carbocycles. The van der Waals surface area contributed by atoms with Crippen molar-refractivity contribution in [2.75, 3.05) is 6.61 Å². The predicted octanol–water partition coefficient (Wildman–Crippen LogP) is 0.678. The van der Waals surface area contributed by atoms with Crippen LogP contribution in [0, 0.1) is 11.3 Å². The highest BCUT2D eigenvalue weighted by Crippen LogP contribution is 2.20. The van der Waals surface area contributed by atoms with Gasteiger partial charge >= 0.3 is 11.9 Å². The van der Waals surface area contributed by atoms with Gasteiger partial charge in [0.25, 0.3) is 0 Å². The van der Waals surface area contributed by atoms with Crippen molar-refractivity contribution in [1.29, 1.82) is 5.26 Å². The van der Waals surface area contributed by atoms with E-state index < -0.39 is 24.1 Å². The number of hydrogen-bond acceptors (Lipinski definition) is 6. The van der Waals surface area contributed by atoms with Crippen LogP contribution in [-0.4, -0.2) is 30.8 Å². The van der Waals surface area contributed by atoms with E-state index in [0.29, 0.717) is 6.42 Å². The molecule has 0 spiro atoms. The summed E-state index contributed by atoms with van der Waals surface area (Å²) in [6, 6.07) is 1.85. The number of carbonyl (C=O) groups excluding carboxylic acids is 2. The molecule has 1 aliphatic heterocycles. The van der Waals surface area contributed by atoms with Gasteiger partial charge in [-0.25, -0.2) is 0 Å². The fraction of sp³-hybridized carbons (Fsp3) is 0.545. The third-order valence-electron chi connectivity index (χ3n) is 2.11. The van der Waals surface area contributed by atoms with Crippen molar-refractivity contribution in [2.24, 2.45) is 0 Å². The number of nitrogens with zero attached hydrogens (tertiary/aromatic N) is 1. The highest BCUT2D eigenvalue weighted by Gasteiger charge is 2.30. The zero-order valence-corrected chi connectivity index (χ0v) is 9.63. The second-order valence-corrected chi connectivity index (χ2v) is 3.52. The molecule has 0 aromatic rings. The van der Waals surface area contributed by atoms with Crippen LogP contribution in [0.2, 0.25) is 0 Å². The van der Waals surface area contributed by atoms with Gasteiger partial charge in [0.05, 0.1) is 0 Å². The van der Waals surface area contributed by atoms with E-state index in [4.69, 9.17) is 19.5 Å². The SMILES string of the molecule is CC(=O)OC[C@H]1OC(C#N)=CC[C@H]1OC(C)=O. The smallest absolute Gasteiger partial charge is 0.303 e. The Morgan fingerprint density at radius 1 is 1.53 bits per heavy atom. The van der Waals surface area contributed by atoms with Crippen LogP contribution in [0.15, 0.2) is 11.8 Å². The van der Waals surface area contributed by atoms with Gasteiger partial charge in [0.1, 0.15) is 18.8 Å². The average molecular weight is 239 g/mol. The zero-order chi connectivity index (χ0) is 12.8. The van der Waals surface area contributed by atoms with Crippen LogP contribution in [0.25, 0.3) is 0 Å². The molecule has 92 valence electrons. The Balaban J connectivity index is 2.66. The molecule has 0 bridgehead atoms. The van der Waals surface area contributed by atoms with Crippen LogP contribution in [-0.2, 0) is 23.8 Å². The molecule has 0 fully saturated rings. The normalized spacial score (nSPS) is 22.8. The van der Waals surface area contributed by atoms with Crippen LogP contribution < -0.4 is 0 Å². The standard InChI is InChI=1S/C11H13NO5/c1-7(13)15-6-11-10(16-8(2)14)4-3-9(5-12)17-11/h3,10-11H,4,6H2,1-2H3/t10-,11-/m1/s1. The molecule has 6 heteroatoms. The molecular weight excluding hydrogens is 226 g/mol. The average Bonchev–Trinajstić information content (AvgIpc) is 2.27. The molecule has 0 amide bonds. The molecule has 17 heavy (non-hydrogen) atoms. The monoisotopic (exact) mass is 239 g/mol. The van der Waals surface area contributed by atoms with E-state index in [1.807, 2.05) is 6.07 Å². The molecule has 1 heterocycles. The maximum Gasteiger partial charge on any atom is 0.303 e. The molecule has 2 atom stereocenters. The van der Waals surface area contributed by atoms with Gasteiger partial charge in [-0.2, -0.15) is 5.26 Å². The Hall–Kier alpha value is -2.03. The van der Waals surface area contributed by atoms with Gasteiger partial charge in [0.2, 0.25) is 0 Å². The number of nitriles is 1. The largest absolute Gasteiger partial charge is 0.473 e. The fourth-order valence-electron chi connectivity index (χ4n) is 1.41. The van der Waals surface area contributed by atoms with Crippen LogP contribution in [0.5, 0.6) is 0 Å². The van der Waals surface area contributed by atoms with E-state index in [2.05, 4.69) is 0 Å². The minimum absolute atomic E-state index is 0.0493. The van der Waals surface area contributed by atoms with E-state index in [1.165, 1.54) is 19.9 Å². The molecule has 1 aliphatic rings. The summed E-state index contributed by atoms with van der Waals surface area (Å²) in [6.45, 7) is 2.50. The van der Waals surface area contributed by atoms with Crippen molar-refractivity contribution >= 4 is 11.9 Å². The number of ether oxygens (including phenoxy) is 3. The molecular formula is C11H13NO5. The lowest BCUT2D eigenvalue weighted by molar-refractivity contribution is -0.160. The molecule has 0 N–H and O–H groups in total. The van der Waals surface area contributed by atoms with Crippen LogP contribution >= 0.6 is 0 Å². The minimum Gasteiger partial charge on any atom is -0.473 e. The van der Waals surface area contributed by atoms with Crippen molar-refractivity contribution in [1.82, 2.24) is 0 Å². The summed E-state index contributed by atoms with van der Waals surface area (Å²) in [5.41, 5.74) is 0. The Labute approximate surface area is 98.7 Å². The predicted molar refractivity (Wildman–Crippen MR) is 55.4 cm³/mol. The molecule has 0 saturated carbocycles. The van der Waals surface area contributed by atoms with Crippen molar-refractivity contribution < 1.29 is 23.8 Å². The third-order valence-corrected chi connectivity index (χ3v) is 2.11. The van der Waals surface area contributed by atoms with Crippen molar-refractivity contribution in [3.63, 3.8) is 0 Å². The molecule has 0 aliphatic carbocycles. The van der Waals surface area contributed by atoms with Gasteiger partial charge in [-0.3, -0.25) is 9.59 Å². The van der Waals surface area contributed by atoms with Crippen LogP contribution in [0.4, 0.5) is 0 Å². The molecule has 0 unspecified atom stereocenters. The first kappa shape index (κ1) is 13.0. The summed E-state index contributed by atoms with van der Waals surface area (Å²) in [4.78, 5) is 21.6. The maximum atomic E-state index is 10.9. The number of rotatable bonds is 3. The summed E-state index contributed by atoms with van der Waals surface area (Å²) in [7, 11) is 0. The summed E-state index contributed by atoms with van der Waals surface area (Å²) >= 11 is 0. The Morgan fingerprint density at radius 2 is 2.24 bits per heavy atom. The Bertz CT molecular complexity index is 382. The molecule has 0 radical (unpaired) electrons. The van der Waals surface area contributed by atoms with Crippen LogP contribution in [0.1, 0.15) is 20.3 Å². The number of carbonyl (C=O) groups is 2. The summed E-state index contributed by atoms with van der Waals surface area (Å²) in [6.07, 6.45) is 0.734. The third kappa shape index (κ3) is 4.15. The van der Waals surface area contributed by atoms with Gasteiger partial charge in [-0.1, -0.05) is 0 Å². The Morgan fingerprint density at radius 3 is 2.76 bits per heavy atom. The first-order chi connectivity index (χ1) is 8.02. The molecule has 0 aromatic heterocycles. The van der Waals surface area contributed by atoms with E-state index in [1.54, 1.807) is 0 Å². The van der Waals surface area contributed by atoms with E-state index in [-0.39, 0.29) is 12.4 Å². The quantitative estimate of drug-likeness (QED) is 0.673.